The molecule has 3 nitrogen and oxygen atoms in total. The molecule has 1 aromatic rings. The van der Waals surface area contributed by atoms with Gasteiger partial charge >= 0.3 is 0 Å². The van der Waals surface area contributed by atoms with Gasteiger partial charge in [0.15, 0.2) is 0 Å². The highest BCUT2D eigenvalue weighted by atomic mass is 32.1. The van der Waals surface area contributed by atoms with Gasteiger partial charge in [-0.25, -0.2) is 0 Å². The Morgan fingerprint density at radius 1 is 1.43 bits per heavy atom. The van der Waals surface area contributed by atoms with Gasteiger partial charge in [-0.3, -0.25) is 0 Å². The molecule has 2 rings (SSSR count). The number of hydrogen-bond donors (Lipinski definition) is 1. The second-order valence-corrected chi connectivity index (χ2v) is 5.66. The van der Waals surface area contributed by atoms with Gasteiger partial charge in [0.2, 0.25) is 5.13 Å². The summed E-state index contributed by atoms with van der Waals surface area (Å²) in [4.78, 5) is 0. The molecule has 0 atom stereocenters. The van der Waals surface area contributed by atoms with Crippen LogP contribution in [0.5, 0.6) is 0 Å². The fourth-order valence-electron chi connectivity index (χ4n) is 1.95. The molecule has 14 heavy (non-hydrogen) atoms. The summed E-state index contributed by atoms with van der Waals surface area (Å²) in [5.74, 6) is 0. The van der Waals surface area contributed by atoms with Crippen LogP contribution in [0.25, 0.3) is 0 Å². The van der Waals surface area contributed by atoms with Crippen molar-refractivity contribution >= 4 is 16.5 Å². The lowest BCUT2D eigenvalue weighted by Crippen LogP contribution is -2.29. The molecule has 1 fully saturated rings. The molecule has 0 radical (unpaired) electrons. The molecule has 0 spiro atoms. The standard InChI is InChI=1S/C10H17N3S/c1-10(2)5-3-8(4-6-10)12-9-13-11-7-14-9/h7-8H,3-6H2,1-2H3,(H,12,13). The van der Waals surface area contributed by atoms with Crippen LogP contribution >= 0.6 is 11.3 Å². The molecule has 78 valence electrons. The van der Waals surface area contributed by atoms with E-state index in [1.54, 1.807) is 16.8 Å². The predicted molar refractivity (Wildman–Crippen MR) is 59.6 cm³/mol. The lowest BCUT2D eigenvalue weighted by atomic mass is 9.76. The zero-order valence-electron chi connectivity index (χ0n) is 8.79. The summed E-state index contributed by atoms with van der Waals surface area (Å²) in [7, 11) is 0. The highest BCUT2D eigenvalue weighted by molar-refractivity contribution is 7.13. The third kappa shape index (κ3) is 2.44. The van der Waals surface area contributed by atoms with E-state index in [-0.39, 0.29) is 0 Å². The number of anilines is 1. The molecule has 1 aromatic heterocycles. The largest absolute Gasteiger partial charge is 0.357 e. The molecular formula is C10H17N3S. The van der Waals surface area contributed by atoms with E-state index in [1.165, 1.54) is 25.7 Å². The maximum absolute atomic E-state index is 4.00. The highest BCUT2D eigenvalue weighted by Gasteiger charge is 2.26. The van der Waals surface area contributed by atoms with E-state index in [4.69, 9.17) is 0 Å². The quantitative estimate of drug-likeness (QED) is 0.817. The number of hydrogen-bond acceptors (Lipinski definition) is 4. The van der Waals surface area contributed by atoms with Crippen molar-refractivity contribution in [3.05, 3.63) is 5.51 Å². The molecule has 0 aliphatic heterocycles. The van der Waals surface area contributed by atoms with E-state index >= 15 is 0 Å². The molecule has 1 aliphatic rings. The van der Waals surface area contributed by atoms with E-state index < -0.39 is 0 Å². The number of nitrogens with one attached hydrogen (secondary N) is 1. The summed E-state index contributed by atoms with van der Waals surface area (Å²) in [6, 6.07) is 0.607. The van der Waals surface area contributed by atoms with Gasteiger partial charge in [-0.1, -0.05) is 25.2 Å². The molecule has 1 N–H and O–H groups in total. The van der Waals surface area contributed by atoms with Crippen LogP contribution in [0.15, 0.2) is 5.51 Å². The minimum atomic E-state index is 0.541. The second kappa shape index (κ2) is 3.85. The minimum Gasteiger partial charge on any atom is -0.357 e. The molecule has 1 saturated carbocycles. The maximum atomic E-state index is 4.00. The summed E-state index contributed by atoms with van der Waals surface area (Å²) in [5.41, 5.74) is 2.31. The summed E-state index contributed by atoms with van der Waals surface area (Å²) < 4.78 is 0. The average molecular weight is 211 g/mol. The SMILES string of the molecule is CC1(C)CCC(Nc2nncs2)CC1. The summed E-state index contributed by atoms with van der Waals surface area (Å²) in [5, 5.41) is 12.2. The molecule has 0 aromatic carbocycles. The molecular weight excluding hydrogens is 194 g/mol. The van der Waals surface area contributed by atoms with Crippen molar-refractivity contribution in [2.45, 2.75) is 45.6 Å². The Bertz CT molecular complexity index is 272. The molecule has 0 bridgehead atoms. The average Bonchev–Trinajstić information content (AvgIpc) is 2.61. The fraction of sp³-hybridized carbons (Fsp3) is 0.800. The van der Waals surface area contributed by atoms with Crippen molar-refractivity contribution < 1.29 is 0 Å². The Morgan fingerprint density at radius 3 is 2.71 bits per heavy atom. The second-order valence-electron chi connectivity index (χ2n) is 4.83. The summed E-state index contributed by atoms with van der Waals surface area (Å²) in [6.45, 7) is 4.71. The Morgan fingerprint density at radius 2 is 2.14 bits per heavy atom. The van der Waals surface area contributed by atoms with Gasteiger partial charge in [0.1, 0.15) is 5.51 Å². The van der Waals surface area contributed by atoms with Crippen LogP contribution < -0.4 is 5.32 Å². The first-order valence-corrected chi connectivity index (χ1v) is 6.06. The van der Waals surface area contributed by atoms with Crippen LogP contribution in [0.3, 0.4) is 0 Å². The van der Waals surface area contributed by atoms with Crippen LogP contribution in [-0.4, -0.2) is 16.2 Å². The van der Waals surface area contributed by atoms with Crippen molar-refractivity contribution in [3.8, 4) is 0 Å². The van der Waals surface area contributed by atoms with E-state index in [1.807, 2.05) is 0 Å². The van der Waals surface area contributed by atoms with Crippen LogP contribution in [0.4, 0.5) is 5.13 Å². The monoisotopic (exact) mass is 211 g/mol. The van der Waals surface area contributed by atoms with E-state index in [0.717, 1.165) is 5.13 Å². The van der Waals surface area contributed by atoms with Crippen LogP contribution in [0, 0.1) is 5.41 Å². The number of aromatic nitrogens is 2. The van der Waals surface area contributed by atoms with Crippen molar-refractivity contribution in [1.29, 1.82) is 0 Å². The Balaban J connectivity index is 1.85. The zero-order chi connectivity index (χ0) is 10.0. The molecule has 1 aliphatic carbocycles. The van der Waals surface area contributed by atoms with E-state index in [9.17, 15) is 0 Å². The minimum absolute atomic E-state index is 0.541. The van der Waals surface area contributed by atoms with Gasteiger partial charge in [0.05, 0.1) is 0 Å². The first kappa shape index (κ1) is 9.90. The lowest BCUT2D eigenvalue weighted by molar-refractivity contribution is 0.232. The van der Waals surface area contributed by atoms with Crippen molar-refractivity contribution in [2.75, 3.05) is 5.32 Å². The summed E-state index contributed by atoms with van der Waals surface area (Å²) >= 11 is 1.58. The van der Waals surface area contributed by atoms with Gasteiger partial charge in [-0.05, 0) is 31.1 Å². The molecule has 0 unspecified atom stereocenters. The topological polar surface area (TPSA) is 37.8 Å². The summed E-state index contributed by atoms with van der Waals surface area (Å²) in [6.07, 6.45) is 5.13. The van der Waals surface area contributed by atoms with Crippen LogP contribution in [0.2, 0.25) is 0 Å². The first-order valence-electron chi connectivity index (χ1n) is 5.18. The smallest absolute Gasteiger partial charge is 0.205 e. The van der Waals surface area contributed by atoms with Gasteiger partial charge in [-0.2, -0.15) is 0 Å². The van der Waals surface area contributed by atoms with Crippen molar-refractivity contribution in [3.63, 3.8) is 0 Å². The third-order valence-corrected chi connectivity index (χ3v) is 3.65. The number of nitrogens with zero attached hydrogens (tertiary/aromatic N) is 2. The third-order valence-electron chi connectivity index (χ3n) is 3.03. The zero-order valence-corrected chi connectivity index (χ0v) is 9.60. The normalized spacial score (nSPS) is 22.1. The predicted octanol–water partition coefficient (Wildman–Crippen LogP) is 2.92. The van der Waals surface area contributed by atoms with Gasteiger partial charge in [0, 0.05) is 6.04 Å². The Labute approximate surface area is 88.9 Å². The number of rotatable bonds is 2. The van der Waals surface area contributed by atoms with Gasteiger partial charge in [-0.15, -0.1) is 10.2 Å². The molecule has 0 amide bonds. The lowest BCUT2D eigenvalue weighted by Gasteiger charge is -2.34. The van der Waals surface area contributed by atoms with Crippen LogP contribution in [0.1, 0.15) is 39.5 Å². The van der Waals surface area contributed by atoms with Crippen molar-refractivity contribution in [1.82, 2.24) is 10.2 Å². The molecule has 0 saturated heterocycles. The van der Waals surface area contributed by atoms with Gasteiger partial charge < -0.3 is 5.32 Å². The first-order chi connectivity index (χ1) is 6.66. The maximum Gasteiger partial charge on any atom is 0.205 e. The van der Waals surface area contributed by atoms with Crippen LogP contribution in [-0.2, 0) is 0 Å². The Kier molecular flexibility index (Phi) is 2.72. The van der Waals surface area contributed by atoms with E-state index in [2.05, 4.69) is 29.4 Å². The fourth-order valence-corrected chi connectivity index (χ4v) is 2.48. The molecule has 1 heterocycles. The van der Waals surface area contributed by atoms with Gasteiger partial charge in [0.25, 0.3) is 0 Å². The molecule has 4 heteroatoms. The highest BCUT2D eigenvalue weighted by Crippen LogP contribution is 2.36. The Hall–Kier alpha value is -0.640. The van der Waals surface area contributed by atoms with Crippen molar-refractivity contribution in [2.24, 2.45) is 5.41 Å². The van der Waals surface area contributed by atoms with E-state index in [0.29, 0.717) is 11.5 Å².